The van der Waals surface area contributed by atoms with Crippen LogP contribution in [0.2, 0.25) is 0 Å². The lowest BCUT2D eigenvalue weighted by Gasteiger charge is -2.53. The summed E-state index contributed by atoms with van der Waals surface area (Å²) >= 11 is 0. The van der Waals surface area contributed by atoms with Crippen molar-refractivity contribution < 1.29 is 0 Å². The average Bonchev–Trinajstić information content (AvgIpc) is 3.35. The van der Waals surface area contributed by atoms with Gasteiger partial charge in [0.1, 0.15) is 0 Å². The van der Waals surface area contributed by atoms with Gasteiger partial charge in [-0.2, -0.15) is 0 Å². The summed E-state index contributed by atoms with van der Waals surface area (Å²) in [6.45, 7) is 7.26. The van der Waals surface area contributed by atoms with Crippen LogP contribution in [-0.4, -0.2) is 23.7 Å². The van der Waals surface area contributed by atoms with Gasteiger partial charge < -0.3 is 16.8 Å². The summed E-state index contributed by atoms with van der Waals surface area (Å²) in [6.07, 6.45) is 9.86. The Bertz CT molecular complexity index is 608. The maximum absolute atomic E-state index is 6.92. The van der Waals surface area contributed by atoms with Crippen molar-refractivity contribution in [2.45, 2.75) is 89.4 Å². The molecule has 0 aromatic rings. The van der Waals surface area contributed by atoms with Crippen molar-refractivity contribution in [2.24, 2.45) is 57.8 Å². The Kier molecular flexibility index (Phi) is 2.84. The average molecular weight is 344 g/mol. The van der Waals surface area contributed by atoms with Crippen molar-refractivity contribution in [1.82, 2.24) is 5.32 Å². The normalized spacial score (nSPS) is 66.4. The van der Waals surface area contributed by atoms with Gasteiger partial charge >= 0.3 is 0 Å². The maximum atomic E-state index is 6.92. The molecule has 9 unspecified atom stereocenters. The van der Waals surface area contributed by atoms with Crippen LogP contribution in [0.15, 0.2) is 0 Å². The van der Waals surface area contributed by atoms with E-state index in [2.05, 4.69) is 26.1 Å². The molecule has 2 heterocycles. The molecule has 5 N–H and O–H groups in total. The molecule has 6 fully saturated rings. The monoisotopic (exact) mass is 343 g/mol. The highest BCUT2D eigenvalue weighted by atomic mass is 15.1. The van der Waals surface area contributed by atoms with Gasteiger partial charge in [-0.15, -0.1) is 0 Å². The Morgan fingerprint density at radius 2 is 1.72 bits per heavy atom. The third-order valence-corrected chi connectivity index (χ3v) is 11.3. The van der Waals surface area contributed by atoms with E-state index in [-0.39, 0.29) is 11.0 Å². The molecule has 2 saturated heterocycles. The fourth-order valence-corrected chi connectivity index (χ4v) is 9.68. The van der Waals surface area contributed by atoms with Gasteiger partial charge in [-0.25, -0.2) is 0 Å². The van der Waals surface area contributed by atoms with E-state index in [1.54, 1.807) is 0 Å². The second kappa shape index (κ2) is 4.47. The van der Waals surface area contributed by atoms with Crippen molar-refractivity contribution in [1.29, 1.82) is 0 Å². The minimum absolute atomic E-state index is 0.0275. The maximum Gasteiger partial charge on any atom is 0.0208 e. The van der Waals surface area contributed by atoms with E-state index in [9.17, 15) is 0 Å². The number of hydrogen-bond donors (Lipinski definition) is 3. The predicted octanol–water partition coefficient (Wildman–Crippen LogP) is 2.88. The number of rotatable bonds is 1. The van der Waals surface area contributed by atoms with Crippen molar-refractivity contribution >= 4 is 0 Å². The van der Waals surface area contributed by atoms with Gasteiger partial charge in [-0.1, -0.05) is 13.8 Å². The van der Waals surface area contributed by atoms with Crippen LogP contribution in [-0.2, 0) is 0 Å². The second-order valence-corrected chi connectivity index (χ2v) is 11.8. The first-order valence-corrected chi connectivity index (χ1v) is 11.1. The zero-order valence-corrected chi connectivity index (χ0v) is 16.3. The van der Waals surface area contributed by atoms with E-state index in [0.717, 1.165) is 41.5 Å². The van der Waals surface area contributed by atoms with E-state index in [1.807, 2.05) is 0 Å². The summed E-state index contributed by atoms with van der Waals surface area (Å²) in [7, 11) is 0. The van der Waals surface area contributed by atoms with Gasteiger partial charge in [0.05, 0.1) is 0 Å². The lowest BCUT2D eigenvalue weighted by atomic mass is 9.53. The summed E-state index contributed by atoms with van der Waals surface area (Å²) in [5, 5.41) is 4.10. The first-order chi connectivity index (χ1) is 11.8. The van der Waals surface area contributed by atoms with Crippen LogP contribution in [0.4, 0.5) is 0 Å². The zero-order valence-electron chi connectivity index (χ0n) is 16.3. The van der Waals surface area contributed by atoms with Gasteiger partial charge in [0.25, 0.3) is 0 Å². The molecule has 3 nitrogen and oxygen atoms in total. The minimum atomic E-state index is 0.0275. The summed E-state index contributed by atoms with van der Waals surface area (Å²) in [5.41, 5.74) is 14.5. The van der Waals surface area contributed by atoms with Crippen molar-refractivity contribution in [2.75, 3.05) is 0 Å². The lowest BCUT2D eigenvalue weighted by molar-refractivity contribution is -0.00828. The molecule has 6 bridgehead atoms. The minimum Gasteiger partial charge on any atom is -0.327 e. The Labute approximate surface area is 153 Å². The van der Waals surface area contributed by atoms with Crippen LogP contribution in [0, 0.1) is 46.3 Å². The van der Waals surface area contributed by atoms with Crippen LogP contribution in [0.3, 0.4) is 0 Å². The van der Waals surface area contributed by atoms with Gasteiger partial charge in [0.15, 0.2) is 0 Å². The molecule has 4 aliphatic carbocycles. The number of hydrogen-bond acceptors (Lipinski definition) is 3. The van der Waals surface area contributed by atoms with E-state index in [4.69, 9.17) is 11.5 Å². The van der Waals surface area contributed by atoms with E-state index >= 15 is 0 Å². The number of nitrogens with two attached hydrogens (primary N) is 2. The smallest absolute Gasteiger partial charge is 0.0208 e. The van der Waals surface area contributed by atoms with Crippen LogP contribution in [0.5, 0.6) is 0 Å². The van der Waals surface area contributed by atoms with Gasteiger partial charge in [-0.05, 0) is 92.8 Å². The molecule has 0 aromatic carbocycles. The molecule has 6 aliphatic rings. The molecule has 2 aliphatic heterocycles. The summed E-state index contributed by atoms with van der Waals surface area (Å²) in [5.74, 6) is 5.07. The second-order valence-electron chi connectivity index (χ2n) is 11.8. The molecular weight excluding hydrogens is 306 g/mol. The van der Waals surface area contributed by atoms with Crippen molar-refractivity contribution in [3.63, 3.8) is 0 Å². The van der Waals surface area contributed by atoms with Crippen LogP contribution >= 0.6 is 0 Å². The van der Waals surface area contributed by atoms with Crippen LogP contribution < -0.4 is 16.8 Å². The van der Waals surface area contributed by atoms with Gasteiger partial charge in [0.2, 0.25) is 0 Å². The molecule has 4 saturated carbocycles. The summed E-state index contributed by atoms with van der Waals surface area (Å²) in [4.78, 5) is 0. The van der Waals surface area contributed by atoms with Crippen molar-refractivity contribution in [3.8, 4) is 0 Å². The largest absolute Gasteiger partial charge is 0.327 e. The summed E-state index contributed by atoms with van der Waals surface area (Å²) < 4.78 is 0. The molecule has 0 amide bonds. The van der Waals surface area contributed by atoms with Gasteiger partial charge in [0, 0.05) is 29.1 Å². The third-order valence-electron chi connectivity index (χ3n) is 11.3. The molecule has 0 radical (unpaired) electrons. The molecule has 6 rings (SSSR count). The van der Waals surface area contributed by atoms with E-state index in [0.29, 0.717) is 17.5 Å². The SMILES string of the molecule is CC1(C)C2CC(CC2C2CC3CC4(C5CCC(C5)[C@H]4N)C2N3)[C@@]1(C)N. The molecule has 1 spiro atoms. The highest BCUT2D eigenvalue weighted by Crippen LogP contribution is 2.70. The Morgan fingerprint density at radius 1 is 0.920 bits per heavy atom. The standard InChI is InChI=1S/C22H37N3/c1-20(2)17-8-13(21(20,3)24)7-15(17)16-9-14-10-22(19(16)25-14)12-5-4-11(6-12)18(22)23/h11-19,25H,4-10,23-24H2,1-3H3/t11?,12?,13?,14?,15?,16?,17?,18-,19?,21-,22?/m1/s1. The first kappa shape index (κ1) is 15.9. The highest BCUT2D eigenvalue weighted by molar-refractivity contribution is 5.25. The van der Waals surface area contributed by atoms with E-state index < -0.39 is 0 Å². The van der Waals surface area contributed by atoms with Crippen LogP contribution in [0.25, 0.3) is 0 Å². The molecular formula is C22H37N3. The lowest BCUT2D eigenvalue weighted by Crippen LogP contribution is -2.60. The fraction of sp³-hybridized carbons (Fsp3) is 1.00. The quantitative estimate of drug-likeness (QED) is 0.686. The molecule has 3 heteroatoms. The van der Waals surface area contributed by atoms with Gasteiger partial charge in [-0.3, -0.25) is 0 Å². The third kappa shape index (κ3) is 1.59. The topological polar surface area (TPSA) is 64.1 Å². The molecule has 0 aromatic heterocycles. The van der Waals surface area contributed by atoms with Crippen LogP contribution in [0.1, 0.15) is 65.7 Å². The Morgan fingerprint density at radius 3 is 2.32 bits per heavy atom. The number of nitrogens with one attached hydrogen (secondary N) is 1. The summed E-state index contributed by atoms with van der Waals surface area (Å²) in [6, 6.07) is 1.95. The van der Waals surface area contributed by atoms with E-state index in [1.165, 1.54) is 44.9 Å². The molecule has 25 heavy (non-hydrogen) atoms. The Hall–Kier alpha value is -0.120. The molecule has 140 valence electrons. The fourth-order valence-electron chi connectivity index (χ4n) is 9.68. The first-order valence-electron chi connectivity index (χ1n) is 11.1. The molecule has 11 atom stereocenters. The predicted molar refractivity (Wildman–Crippen MR) is 101 cm³/mol. The number of fused-ring (bicyclic) bond motifs is 8. The Balaban J connectivity index is 1.33. The zero-order chi connectivity index (χ0) is 17.4. The van der Waals surface area contributed by atoms with Crippen molar-refractivity contribution in [3.05, 3.63) is 0 Å². The highest BCUT2D eigenvalue weighted by Gasteiger charge is 2.70.